The van der Waals surface area contributed by atoms with E-state index in [4.69, 9.17) is 34.2 Å². The largest absolute Gasteiger partial charge is 0.381 e. The minimum atomic E-state index is -0.670. The quantitative estimate of drug-likeness (QED) is 0.494. The van der Waals surface area contributed by atoms with Gasteiger partial charge in [-0.2, -0.15) is 15.6 Å². The summed E-state index contributed by atoms with van der Waals surface area (Å²) in [6, 6.07) is 6.03. The number of hydrogen-bond donors (Lipinski definition) is 2. The molecule has 0 unspecified atom stereocenters. The summed E-state index contributed by atoms with van der Waals surface area (Å²) in [6.07, 6.45) is 1.28. The summed E-state index contributed by atoms with van der Waals surface area (Å²) in [5.74, 6) is -0.0585. The maximum absolute atomic E-state index is 10.9. The zero-order valence-electron chi connectivity index (χ0n) is 11.2. The van der Waals surface area contributed by atoms with E-state index < -0.39 is 4.92 Å². The standard InChI is InChI=1S/C13H6Cl2N6O2/c14-9-3-10(15)11(21(22)23)2-6(9)1-7(4-16)12-8(5-17)13(18)20-19-12/h1-3H,(H3,18,19,20)/b7-1+. The van der Waals surface area contributed by atoms with Crippen LogP contribution in [0.5, 0.6) is 0 Å². The van der Waals surface area contributed by atoms with Gasteiger partial charge in [0.2, 0.25) is 0 Å². The molecule has 0 spiro atoms. The van der Waals surface area contributed by atoms with Crippen molar-refractivity contribution >= 4 is 46.4 Å². The van der Waals surface area contributed by atoms with Gasteiger partial charge in [-0.3, -0.25) is 15.2 Å². The van der Waals surface area contributed by atoms with Gasteiger partial charge in [0.15, 0.2) is 5.82 Å². The van der Waals surface area contributed by atoms with Crippen LogP contribution in [0.25, 0.3) is 11.6 Å². The maximum Gasteiger partial charge on any atom is 0.288 e. The molecule has 2 rings (SSSR count). The van der Waals surface area contributed by atoms with Crippen LogP contribution in [0.2, 0.25) is 10.0 Å². The topological polar surface area (TPSA) is 145 Å². The highest BCUT2D eigenvalue weighted by Gasteiger charge is 2.18. The van der Waals surface area contributed by atoms with E-state index in [-0.39, 0.29) is 43.9 Å². The molecule has 1 aromatic carbocycles. The Balaban J connectivity index is 2.64. The van der Waals surface area contributed by atoms with Crippen molar-refractivity contribution in [1.29, 1.82) is 10.5 Å². The lowest BCUT2D eigenvalue weighted by atomic mass is 10.1. The average Bonchev–Trinajstić information content (AvgIpc) is 2.86. The van der Waals surface area contributed by atoms with E-state index in [0.717, 1.165) is 6.07 Å². The van der Waals surface area contributed by atoms with Gasteiger partial charge in [-0.15, -0.1) is 0 Å². The second-order valence-corrected chi connectivity index (χ2v) is 5.04. The number of nitro groups is 1. The summed E-state index contributed by atoms with van der Waals surface area (Å²) in [7, 11) is 0. The van der Waals surface area contributed by atoms with E-state index in [2.05, 4.69) is 10.2 Å². The van der Waals surface area contributed by atoms with E-state index in [0.29, 0.717) is 0 Å². The zero-order chi connectivity index (χ0) is 17.1. The fourth-order valence-electron chi connectivity index (χ4n) is 1.78. The number of benzene rings is 1. The molecule has 0 fully saturated rings. The number of aromatic nitrogens is 2. The molecule has 0 aliphatic heterocycles. The third-order valence-corrected chi connectivity index (χ3v) is 3.49. The SMILES string of the molecule is N#C/C(=C\c1cc([N+](=O)[O-])c(Cl)cc1Cl)c1[nH]nc(N)c1C#N. The summed E-state index contributed by atoms with van der Waals surface area (Å²) in [5.41, 5.74) is 5.44. The molecule has 114 valence electrons. The normalized spacial score (nSPS) is 10.9. The third-order valence-electron chi connectivity index (χ3n) is 2.86. The van der Waals surface area contributed by atoms with Crippen LogP contribution in [-0.4, -0.2) is 15.1 Å². The van der Waals surface area contributed by atoms with Gasteiger partial charge < -0.3 is 5.73 Å². The molecular weight excluding hydrogens is 343 g/mol. The molecule has 0 amide bonds. The predicted octanol–water partition coefficient (Wildman–Crippen LogP) is 3.14. The number of anilines is 1. The first-order chi connectivity index (χ1) is 10.9. The first-order valence-electron chi connectivity index (χ1n) is 5.88. The first kappa shape index (κ1) is 16.3. The molecule has 0 saturated heterocycles. The number of H-pyrrole nitrogens is 1. The van der Waals surface area contributed by atoms with Crippen LogP contribution in [0.1, 0.15) is 16.8 Å². The van der Waals surface area contributed by atoms with Gasteiger partial charge in [0.25, 0.3) is 5.69 Å². The van der Waals surface area contributed by atoms with Crippen LogP contribution < -0.4 is 5.73 Å². The van der Waals surface area contributed by atoms with Gasteiger partial charge in [0.05, 0.1) is 16.2 Å². The Bertz CT molecular complexity index is 920. The van der Waals surface area contributed by atoms with Crippen molar-refractivity contribution in [1.82, 2.24) is 10.2 Å². The first-order valence-corrected chi connectivity index (χ1v) is 6.64. The number of nitrogens with two attached hydrogens (primary N) is 1. The lowest BCUT2D eigenvalue weighted by molar-refractivity contribution is -0.384. The number of allylic oxidation sites excluding steroid dienone is 1. The molecule has 3 N–H and O–H groups in total. The molecule has 10 heteroatoms. The molecule has 1 aromatic heterocycles. The van der Waals surface area contributed by atoms with Crippen molar-refractivity contribution in [3.63, 3.8) is 0 Å². The van der Waals surface area contributed by atoms with Crippen molar-refractivity contribution < 1.29 is 4.92 Å². The molecule has 0 radical (unpaired) electrons. The number of nitriles is 2. The summed E-state index contributed by atoms with van der Waals surface area (Å²) >= 11 is 11.7. The molecule has 8 nitrogen and oxygen atoms in total. The number of halogens is 2. The molecule has 0 saturated carbocycles. The fraction of sp³-hybridized carbons (Fsp3) is 0. The van der Waals surface area contributed by atoms with E-state index >= 15 is 0 Å². The lowest BCUT2D eigenvalue weighted by Crippen LogP contribution is -1.92. The van der Waals surface area contributed by atoms with Crippen molar-refractivity contribution in [3.8, 4) is 12.1 Å². The number of nitrogens with one attached hydrogen (secondary N) is 1. The number of nitrogens with zero attached hydrogens (tertiary/aromatic N) is 4. The van der Waals surface area contributed by atoms with Crippen LogP contribution in [0.4, 0.5) is 11.5 Å². The smallest absolute Gasteiger partial charge is 0.288 e. The monoisotopic (exact) mass is 348 g/mol. The average molecular weight is 349 g/mol. The number of aromatic amines is 1. The van der Waals surface area contributed by atoms with Gasteiger partial charge in [-0.1, -0.05) is 23.2 Å². The van der Waals surface area contributed by atoms with Crippen LogP contribution in [0.15, 0.2) is 12.1 Å². The van der Waals surface area contributed by atoms with Crippen molar-refractivity contribution in [2.75, 3.05) is 5.73 Å². The molecular formula is C13H6Cl2N6O2. The number of nitrogen functional groups attached to an aromatic ring is 1. The maximum atomic E-state index is 10.9. The van der Waals surface area contributed by atoms with Crippen LogP contribution in [0, 0.1) is 32.8 Å². The second kappa shape index (κ2) is 6.36. The van der Waals surface area contributed by atoms with E-state index in [1.807, 2.05) is 12.1 Å². The number of rotatable bonds is 3. The van der Waals surface area contributed by atoms with Crippen molar-refractivity contribution in [2.45, 2.75) is 0 Å². The molecule has 0 aliphatic rings. The highest BCUT2D eigenvalue weighted by Crippen LogP contribution is 2.33. The van der Waals surface area contributed by atoms with Crippen LogP contribution in [0.3, 0.4) is 0 Å². The van der Waals surface area contributed by atoms with Gasteiger partial charge in [-0.05, 0) is 12.1 Å². The highest BCUT2D eigenvalue weighted by atomic mass is 35.5. The Hall–Kier alpha value is -3.07. The minimum Gasteiger partial charge on any atom is -0.381 e. The summed E-state index contributed by atoms with van der Waals surface area (Å²) in [4.78, 5) is 10.3. The van der Waals surface area contributed by atoms with Crippen molar-refractivity contribution in [2.24, 2.45) is 0 Å². The molecule has 0 bridgehead atoms. The van der Waals surface area contributed by atoms with Gasteiger partial charge >= 0.3 is 0 Å². The number of hydrogen-bond acceptors (Lipinski definition) is 6. The fourth-order valence-corrected chi connectivity index (χ4v) is 2.29. The molecule has 0 aliphatic carbocycles. The minimum absolute atomic E-state index is 0.00242. The summed E-state index contributed by atoms with van der Waals surface area (Å²) < 4.78 is 0. The van der Waals surface area contributed by atoms with E-state index in [1.165, 1.54) is 12.1 Å². The Morgan fingerprint density at radius 3 is 2.65 bits per heavy atom. The van der Waals surface area contributed by atoms with Crippen molar-refractivity contribution in [3.05, 3.63) is 49.1 Å². The Labute approximate surface area is 139 Å². The molecule has 1 heterocycles. The second-order valence-electron chi connectivity index (χ2n) is 4.22. The number of nitro benzene ring substituents is 1. The Morgan fingerprint density at radius 1 is 1.39 bits per heavy atom. The third kappa shape index (κ3) is 3.09. The molecule has 0 atom stereocenters. The van der Waals surface area contributed by atoms with E-state index in [1.54, 1.807) is 0 Å². The highest BCUT2D eigenvalue weighted by molar-refractivity contribution is 6.37. The Morgan fingerprint density at radius 2 is 2.09 bits per heavy atom. The summed E-state index contributed by atoms with van der Waals surface area (Å²) in [5, 5.41) is 35.4. The van der Waals surface area contributed by atoms with Crippen LogP contribution in [-0.2, 0) is 0 Å². The van der Waals surface area contributed by atoms with Gasteiger partial charge in [-0.25, -0.2) is 0 Å². The van der Waals surface area contributed by atoms with Gasteiger partial charge in [0.1, 0.15) is 22.7 Å². The summed E-state index contributed by atoms with van der Waals surface area (Å²) in [6.45, 7) is 0. The molecule has 23 heavy (non-hydrogen) atoms. The van der Waals surface area contributed by atoms with E-state index in [9.17, 15) is 15.4 Å². The van der Waals surface area contributed by atoms with Gasteiger partial charge in [0, 0.05) is 16.7 Å². The zero-order valence-corrected chi connectivity index (χ0v) is 12.7. The molecule has 2 aromatic rings. The lowest BCUT2D eigenvalue weighted by Gasteiger charge is -2.02. The van der Waals surface area contributed by atoms with Crippen LogP contribution >= 0.6 is 23.2 Å². The Kier molecular flexibility index (Phi) is 4.51. The predicted molar refractivity (Wildman–Crippen MR) is 84.3 cm³/mol.